The van der Waals surface area contributed by atoms with Crippen LogP contribution in [0.25, 0.3) is 11.1 Å². The number of hydrogen-bond donors (Lipinski definition) is 0. The Bertz CT molecular complexity index is 935. The fraction of sp³-hybridized carbons (Fsp3) is 0.304. The zero-order valence-corrected chi connectivity index (χ0v) is 16.1. The average Bonchev–Trinajstić information content (AvgIpc) is 2.75. The van der Waals surface area contributed by atoms with Gasteiger partial charge in [-0.1, -0.05) is 30.3 Å². The molecule has 3 aromatic rings. The SMILES string of the molecule is Cc1cc(-c2cncnc2)cc(C2CCN(C(=O)Cc3ccccc3)CC2)n1. The van der Waals surface area contributed by atoms with Gasteiger partial charge in [0.1, 0.15) is 6.33 Å². The molecular formula is C23H24N4O. The number of benzene rings is 1. The third kappa shape index (κ3) is 4.25. The van der Waals surface area contributed by atoms with E-state index in [0.29, 0.717) is 12.3 Å². The Morgan fingerprint density at radius 3 is 2.46 bits per heavy atom. The number of hydrogen-bond acceptors (Lipinski definition) is 4. The van der Waals surface area contributed by atoms with Crippen LogP contribution in [0.4, 0.5) is 0 Å². The van der Waals surface area contributed by atoms with Crippen LogP contribution in [0.15, 0.2) is 61.2 Å². The number of amides is 1. The molecule has 4 rings (SSSR count). The van der Waals surface area contributed by atoms with E-state index in [-0.39, 0.29) is 5.91 Å². The summed E-state index contributed by atoms with van der Waals surface area (Å²) in [5, 5.41) is 0. The first kappa shape index (κ1) is 18.3. The number of carbonyl (C=O) groups excluding carboxylic acids is 1. The quantitative estimate of drug-likeness (QED) is 0.699. The van der Waals surface area contributed by atoms with Gasteiger partial charge in [0.25, 0.3) is 0 Å². The van der Waals surface area contributed by atoms with Gasteiger partial charge in [0.05, 0.1) is 6.42 Å². The van der Waals surface area contributed by atoms with E-state index >= 15 is 0 Å². The van der Waals surface area contributed by atoms with E-state index in [4.69, 9.17) is 4.98 Å². The molecule has 3 heterocycles. The molecule has 0 N–H and O–H groups in total. The molecule has 0 spiro atoms. The third-order valence-corrected chi connectivity index (χ3v) is 5.33. The Balaban J connectivity index is 1.42. The number of likely N-dealkylation sites (tertiary alicyclic amines) is 1. The van der Waals surface area contributed by atoms with Crippen molar-refractivity contribution < 1.29 is 4.79 Å². The largest absolute Gasteiger partial charge is 0.342 e. The van der Waals surface area contributed by atoms with Gasteiger partial charge in [-0.25, -0.2) is 9.97 Å². The van der Waals surface area contributed by atoms with Gasteiger partial charge in [0.15, 0.2) is 0 Å². The van der Waals surface area contributed by atoms with Crippen molar-refractivity contribution in [1.82, 2.24) is 19.9 Å². The second-order valence-electron chi connectivity index (χ2n) is 7.37. The highest BCUT2D eigenvalue weighted by molar-refractivity contribution is 5.78. The lowest BCUT2D eigenvalue weighted by Gasteiger charge is -2.32. The summed E-state index contributed by atoms with van der Waals surface area (Å²) in [6.45, 7) is 3.60. The van der Waals surface area contributed by atoms with Gasteiger partial charge >= 0.3 is 0 Å². The summed E-state index contributed by atoms with van der Waals surface area (Å²) in [7, 11) is 0. The Labute approximate surface area is 165 Å². The minimum Gasteiger partial charge on any atom is -0.342 e. The lowest BCUT2D eigenvalue weighted by molar-refractivity contribution is -0.131. The van der Waals surface area contributed by atoms with E-state index in [2.05, 4.69) is 22.1 Å². The third-order valence-electron chi connectivity index (χ3n) is 5.33. The summed E-state index contributed by atoms with van der Waals surface area (Å²) < 4.78 is 0. The van der Waals surface area contributed by atoms with Crippen LogP contribution < -0.4 is 0 Å². The normalized spacial score (nSPS) is 14.8. The number of pyridine rings is 1. The van der Waals surface area contributed by atoms with Crippen molar-refractivity contribution in [2.75, 3.05) is 13.1 Å². The van der Waals surface area contributed by atoms with Gasteiger partial charge in [-0.15, -0.1) is 0 Å². The predicted molar refractivity (Wildman–Crippen MR) is 109 cm³/mol. The van der Waals surface area contributed by atoms with Crippen LogP contribution in [0.5, 0.6) is 0 Å². The van der Waals surface area contributed by atoms with E-state index in [1.807, 2.05) is 54.5 Å². The minimum absolute atomic E-state index is 0.212. The summed E-state index contributed by atoms with van der Waals surface area (Å²) in [6, 6.07) is 14.2. The van der Waals surface area contributed by atoms with Gasteiger partial charge in [-0.05, 0) is 43.0 Å². The Morgan fingerprint density at radius 1 is 1.04 bits per heavy atom. The molecule has 1 saturated heterocycles. The molecule has 0 unspecified atom stereocenters. The molecule has 0 bridgehead atoms. The number of rotatable bonds is 4. The van der Waals surface area contributed by atoms with Crippen molar-refractivity contribution in [2.45, 2.75) is 32.1 Å². The van der Waals surface area contributed by atoms with E-state index < -0.39 is 0 Å². The molecule has 2 aromatic heterocycles. The molecule has 142 valence electrons. The van der Waals surface area contributed by atoms with Gasteiger partial charge < -0.3 is 4.90 Å². The second-order valence-corrected chi connectivity index (χ2v) is 7.37. The predicted octanol–water partition coefficient (Wildman–Crippen LogP) is 3.80. The molecular weight excluding hydrogens is 348 g/mol. The zero-order chi connectivity index (χ0) is 19.3. The first-order valence-electron chi connectivity index (χ1n) is 9.75. The van der Waals surface area contributed by atoms with Crippen LogP contribution in [0.3, 0.4) is 0 Å². The summed E-state index contributed by atoms with van der Waals surface area (Å²) in [5.74, 6) is 0.591. The fourth-order valence-corrected chi connectivity index (χ4v) is 3.83. The number of piperidine rings is 1. The molecule has 5 heteroatoms. The molecule has 1 amide bonds. The van der Waals surface area contributed by atoms with Crippen LogP contribution in [0.2, 0.25) is 0 Å². The maximum atomic E-state index is 12.6. The second kappa shape index (κ2) is 8.30. The van der Waals surface area contributed by atoms with E-state index in [1.165, 1.54) is 0 Å². The zero-order valence-electron chi connectivity index (χ0n) is 16.1. The molecule has 1 aliphatic heterocycles. The summed E-state index contributed by atoms with van der Waals surface area (Å²) in [5.41, 5.74) is 5.29. The highest BCUT2D eigenvalue weighted by Gasteiger charge is 2.25. The van der Waals surface area contributed by atoms with Gasteiger partial charge in [0, 0.05) is 48.4 Å². The van der Waals surface area contributed by atoms with Crippen LogP contribution in [0.1, 0.15) is 35.7 Å². The monoisotopic (exact) mass is 372 g/mol. The maximum absolute atomic E-state index is 12.6. The minimum atomic E-state index is 0.212. The average molecular weight is 372 g/mol. The lowest BCUT2D eigenvalue weighted by Crippen LogP contribution is -2.38. The van der Waals surface area contributed by atoms with Crippen molar-refractivity contribution in [2.24, 2.45) is 0 Å². The van der Waals surface area contributed by atoms with E-state index in [1.54, 1.807) is 6.33 Å². The highest BCUT2D eigenvalue weighted by Crippen LogP contribution is 2.30. The van der Waals surface area contributed by atoms with Crippen molar-refractivity contribution >= 4 is 5.91 Å². The Kier molecular flexibility index (Phi) is 5.42. The van der Waals surface area contributed by atoms with E-state index in [0.717, 1.165) is 54.0 Å². The number of aromatic nitrogens is 3. The molecule has 5 nitrogen and oxygen atoms in total. The first-order chi connectivity index (χ1) is 13.7. The lowest BCUT2D eigenvalue weighted by atomic mass is 9.91. The van der Waals surface area contributed by atoms with Crippen LogP contribution >= 0.6 is 0 Å². The van der Waals surface area contributed by atoms with Gasteiger partial charge in [0.2, 0.25) is 5.91 Å². The van der Waals surface area contributed by atoms with Gasteiger partial charge in [-0.2, -0.15) is 0 Å². The van der Waals surface area contributed by atoms with Crippen LogP contribution in [-0.2, 0) is 11.2 Å². The molecule has 1 aliphatic rings. The summed E-state index contributed by atoms with van der Waals surface area (Å²) in [6.07, 6.45) is 7.57. The number of carbonyl (C=O) groups is 1. The summed E-state index contributed by atoms with van der Waals surface area (Å²) in [4.78, 5) is 27.6. The molecule has 0 radical (unpaired) electrons. The molecule has 0 atom stereocenters. The van der Waals surface area contributed by atoms with E-state index in [9.17, 15) is 4.79 Å². The number of aryl methyl sites for hydroxylation is 1. The van der Waals surface area contributed by atoms with Crippen LogP contribution in [-0.4, -0.2) is 38.8 Å². The molecule has 0 saturated carbocycles. The van der Waals surface area contributed by atoms with Crippen LogP contribution in [0, 0.1) is 6.92 Å². The molecule has 28 heavy (non-hydrogen) atoms. The van der Waals surface area contributed by atoms with Gasteiger partial charge in [-0.3, -0.25) is 9.78 Å². The fourth-order valence-electron chi connectivity index (χ4n) is 3.83. The van der Waals surface area contributed by atoms with Crippen molar-refractivity contribution in [3.05, 3.63) is 78.1 Å². The van der Waals surface area contributed by atoms with Crippen molar-refractivity contribution in [3.63, 3.8) is 0 Å². The van der Waals surface area contributed by atoms with Crippen molar-refractivity contribution in [3.8, 4) is 11.1 Å². The van der Waals surface area contributed by atoms with Crippen molar-refractivity contribution in [1.29, 1.82) is 0 Å². The molecule has 1 aromatic carbocycles. The topological polar surface area (TPSA) is 59.0 Å². The first-order valence-corrected chi connectivity index (χ1v) is 9.75. The molecule has 1 fully saturated rings. The maximum Gasteiger partial charge on any atom is 0.226 e. The standard InChI is InChI=1S/C23H24N4O/c1-17-11-20(21-14-24-16-25-15-21)13-22(26-17)19-7-9-27(10-8-19)23(28)12-18-5-3-2-4-6-18/h2-6,11,13-16,19H,7-10,12H2,1H3. The smallest absolute Gasteiger partial charge is 0.226 e. The Hall–Kier alpha value is -3.08. The highest BCUT2D eigenvalue weighted by atomic mass is 16.2. The molecule has 0 aliphatic carbocycles. The number of nitrogens with zero attached hydrogens (tertiary/aromatic N) is 4. The summed E-state index contributed by atoms with van der Waals surface area (Å²) >= 11 is 0. The Morgan fingerprint density at radius 2 is 1.75 bits per heavy atom.